The molecule has 2 bridgehead atoms. The molecule has 3 aliphatic rings. The van der Waals surface area contributed by atoms with Gasteiger partial charge in [0.2, 0.25) is 0 Å². The summed E-state index contributed by atoms with van der Waals surface area (Å²) in [4.78, 5) is 49.7. The maximum Gasteiger partial charge on any atom is 0.325 e. The second-order valence-electron chi connectivity index (χ2n) is 17.7. The lowest BCUT2D eigenvalue weighted by Gasteiger charge is -2.41. The highest BCUT2D eigenvalue weighted by atomic mass is 32.5. The molecule has 3 fully saturated rings. The lowest BCUT2D eigenvalue weighted by Crippen LogP contribution is -2.50. The summed E-state index contributed by atoms with van der Waals surface area (Å²) in [5.41, 5.74) is 13.7. The first-order valence-corrected chi connectivity index (χ1v) is 29.6. The highest BCUT2D eigenvalue weighted by Gasteiger charge is 2.57. The number of aromatic nitrogens is 8. The number of anilines is 2. The Kier molecular flexibility index (Phi) is 11.7. The summed E-state index contributed by atoms with van der Waals surface area (Å²) >= 11 is 11.5. The standard InChI is InChI=1S/C32H52N10O10P2S2Si2/c1-31(2,3)57(7,8)51-22-18-12-46-53(43,55)49-21-17(11-45-54(44,56)50-23(22)29(48-18)41-15-39-19-25(33)35-13-37-27(19)41)47-30(24(21)52-58(9,10)32(4,5)6)42-16-40-20-26(34)36-14-38-28(20)42/h13-18,21-24,29-30H,11-12H2,1-10H3,(H,43,55)(H,44,56)(H2,33,35,37)(H2,34,36,38)/t17-,18-,21-,22?,23-,24-,29-,30-,53?,54?/m1/s1. The Balaban J connectivity index is 1.30. The van der Waals surface area contributed by atoms with Gasteiger partial charge in [-0.3, -0.25) is 18.2 Å². The van der Waals surface area contributed by atoms with Gasteiger partial charge >= 0.3 is 13.4 Å². The van der Waals surface area contributed by atoms with E-state index in [-0.39, 0.29) is 34.9 Å². The highest BCUT2D eigenvalue weighted by Crippen LogP contribution is 2.56. The normalized spacial score (nSPS) is 33.2. The zero-order chi connectivity index (χ0) is 42.4. The molecule has 0 amide bonds. The molecule has 0 saturated carbocycles. The topological polar surface area (TPSA) is 254 Å². The molecule has 7 heterocycles. The Morgan fingerprint density at radius 2 is 1.10 bits per heavy atom. The summed E-state index contributed by atoms with van der Waals surface area (Å²) in [6.45, 7) is 11.8. The molecular formula is C32H52N10O10P2S2Si2. The van der Waals surface area contributed by atoms with Crippen LogP contribution in [0.25, 0.3) is 22.3 Å². The molecule has 20 nitrogen and oxygen atoms in total. The lowest BCUT2D eigenvalue weighted by atomic mass is 10.1. The average Bonchev–Trinajstić information content (AvgIpc) is 3.87. The van der Waals surface area contributed by atoms with Gasteiger partial charge in [0.1, 0.15) is 60.3 Å². The van der Waals surface area contributed by atoms with E-state index in [4.69, 9.17) is 71.5 Å². The molecule has 10 atom stereocenters. The molecule has 7 rings (SSSR count). The van der Waals surface area contributed by atoms with Crippen molar-refractivity contribution >= 4 is 87.6 Å². The van der Waals surface area contributed by atoms with Crippen LogP contribution < -0.4 is 11.5 Å². The van der Waals surface area contributed by atoms with Crippen LogP contribution in [-0.4, -0.2) is 115 Å². The summed E-state index contributed by atoms with van der Waals surface area (Å²) < 4.78 is 55.8. The molecule has 0 radical (unpaired) electrons. The van der Waals surface area contributed by atoms with Crippen molar-refractivity contribution in [1.82, 2.24) is 39.0 Å². The minimum atomic E-state index is -4.19. The zero-order valence-electron chi connectivity index (χ0n) is 33.9. The predicted molar refractivity (Wildman–Crippen MR) is 226 cm³/mol. The van der Waals surface area contributed by atoms with Crippen molar-refractivity contribution in [3.8, 4) is 0 Å². The molecule has 58 heavy (non-hydrogen) atoms. The van der Waals surface area contributed by atoms with Crippen molar-refractivity contribution < 1.29 is 46.2 Å². The van der Waals surface area contributed by atoms with Crippen LogP contribution >= 0.6 is 13.4 Å². The monoisotopic (exact) mass is 918 g/mol. The van der Waals surface area contributed by atoms with E-state index in [0.29, 0.717) is 22.3 Å². The number of hydrogen-bond acceptors (Lipinski definition) is 18. The van der Waals surface area contributed by atoms with Crippen molar-refractivity contribution in [1.29, 1.82) is 0 Å². The van der Waals surface area contributed by atoms with E-state index in [9.17, 15) is 9.79 Å². The number of ether oxygens (including phenoxy) is 2. The fourth-order valence-corrected chi connectivity index (χ4v) is 11.9. The van der Waals surface area contributed by atoms with E-state index in [2.05, 4.69) is 97.6 Å². The lowest BCUT2D eigenvalue weighted by molar-refractivity contribution is -0.0604. The van der Waals surface area contributed by atoms with Crippen LogP contribution in [-0.2, 0) is 60.0 Å². The number of nitrogen functional groups attached to an aromatic ring is 2. The van der Waals surface area contributed by atoms with E-state index in [0.717, 1.165) is 0 Å². The van der Waals surface area contributed by atoms with Gasteiger partial charge in [0.05, 0.1) is 25.9 Å². The van der Waals surface area contributed by atoms with Crippen LogP contribution in [0.3, 0.4) is 0 Å². The second kappa shape index (κ2) is 15.4. The first kappa shape index (κ1) is 44.1. The molecule has 3 aliphatic heterocycles. The minimum absolute atomic E-state index is 0.156. The quantitative estimate of drug-likeness (QED) is 0.152. The summed E-state index contributed by atoms with van der Waals surface area (Å²) in [5.74, 6) is 0.331. The van der Waals surface area contributed by atoms with Crippen LogP contribution in [0, 0.1) is 0 Å². The second-order valence-corrected chi connectivity index (χ2v) is 32.7. The van der Waals surface area contributed by atoms with Gasteiger partial charge < -0.3 is 48.6 Å². The SMILES string of the molecule is CC(C)(C)[Si](C)(C)OC1[C@H]2OP(O)(=S)OC[C@H]3O[C@@H](n4cnc5c(N)ncnc54)[C@H](O[Si](C)(C)C(C)(C)C)[C@@H]3OP(O)(=S)OC[C@H]1O[C@H]2n1cnc2c(N)ncnc21. The van der Waals surface area contributed by atoms with E-state index in [1.165, 1.54) is 25.3 Å². The van der Waals surface area contributed by atoms with E-state index in [1.54, 1.807) is 9.13 Å². The average molecular weight is 919 g/mol. The number of fused-ring (bicyclic) bond motifs is 5. The third kappa shape index (κ3) is 8.46. The van der Waals surface area contributed by atoms with E-state index < -0.39 is 79.2 Å². The van der Waals surface area contributed by atoms with Crippen molar-refractivity contribution in [2.24, 2.45) is 0 Å². The smallest absolute Gasteiger partial charge is 0.325 e. The maximum absolute atomic E-state index is 12.0. The number of nitrogens with zero attached hydrogens (tertiary/aromatic N) is 8. The van der Waals surface area contributed by atoms with Gasteiger partial charge in [-0.25, -0.2) is 29.9 Å². The van der Waals surface area contributed by atoms with Gasteiger partial charge in [-0.2, -0.15) is 0 Å². The molecule has 3 unspecified atom stereocenters. The Morgan fingerprint density at radius 3 is 1.60 bits per heavy atom. The molecule has 320 valence electrons. The van der Waals surface area contributed by atoms with Gasteiger partial charge in [-0.05, 0) is 59.9 Å². The van der Waals surface area contributed by atoms with Crippen molar-refractivity contribution in [3.05, 3.63) is 25.3 Å². The maximum atomic E-state index is 12.0. The molecule has 4 aromatic rings. The molecule has 3 saturated heterocycles. The number of nitrogens with two attached hydrogens (primary N) is 2. The number of imidazole rings is 2. The summed E-state index contributed by atoms with van der Waals surface area (Å²) in [7, 11) is -5.24. The molecule has 6 N–H and O–H groups in total. The molecule has 4 aromatic heterocycles. The Hall–Kier alpha value is -1.97. The third-order valence-corrected chi connectivity index (χ3v) is 23.7. The van der Waals surface area contributed by atoms with Crippen molar-refractivity contribution in [2.75, 3.05) is 24.7 Å². The molecular weight excluding hydrogens is 867 g/mol. The predicted octanol–water partition coefficient (Wildman–Crippen LogP) is 4.66. The van der Waals surface area contributed by atoms with E-state index in [1.807, 2.05) is 0 Å². The fraction of sp³-hybridized carbons (Fsp3) is 0.688. The van der Waals surface area contributed by atoms with Gasteiger partial charge in [-0.15, -0.1) is 0 Å². The Morgan fingerprint density at radius 1 is 0.672 bits per heavy atom. The Labute approximate surface area is 348 Å². The minimum Gasteiger partial charge on any atom is -0.408 e. The number of rotatable bonds is 6. The first-order chi connectivity index (χ1) is 26.8. The molecule has 0 aliphatic carbocycles. The third-order valence-electron chi connectivity index (χ3n) is 11.7. The van der Waals surface area contributed by atoms with Crippen LogP contribution in [0.1, 0.15) is 54.0 Å². The molecule has 0 aromatic carbocycles. The zero-order valence-corrected chi connectivity index (χ0v) is 39.4. The fourth-order valence-electron chi connectivity index (χ4n) is 6.49. The largest absolute Gasteiger partial charge is 0.408 e. The van der Waals surface area contributed by atoms with Crippen LogP contribution in [0.4, 0.5) is 11.6 Å². The van der Waals surface area contributed by atoms with Crippen molar-refractivity contribution in [2.45, 2.75) is 127 Å². The summed E-state index contributed by atoms with van der Waals surface area (Å²) in [6, 6.07) is 0. The van der Waals surface area contributed by atoms with Crippen LogP contribution in [0.5, 0.6) is 0 Å². The van der Waals surface area contributed by atoms with E-state index >= 15 is 0 Å². The van der Waals surface area contributed by atoms with Crippen LogP contribution in [0.15, 0.2) is 25.3 Å². The number of hydrogen-bond donors (Lipinski definition) is 4. The van der Waals surface area contributed by atoms with Gasteiger partial charge in [0.15, 0.2) is 52.0 Å². The van der Waals surface area contributed by atoms with Crippen LogP contribution in [0.2, 0.25) is 36.3 Å². The Bertz CT molecular complexity index is 2280. The highest BCUT2D eigenvalue weighted by molar-refractivity contribution is 8.07. The summed E-state index contributed by atoms with van der Waals surface area (Å²) in [5, 5.41) is -0.527. The first-order valence-electron chi connectivity index (χ1n) is 18.6. The van der Waals surface area contributed by atoms with Gasteiger partial charge in [0.25, 0.3) is 0 Å². The molecule has 26 heteroatoms. The summed E-state index contributed by atoms with van der Waals surface area (Å²) in [6.07, 6.45) is -2.46. The van der Waals surface area contributed by atoms with Crippen molar-refractivity contribution in [3.63, 3.8) is 0 Å². The van der Waals surface area contributed by atoms with Gasteiger partial charge in [-0.1, -0.05) is 41.5 Å². The van der Waals surface area contributed by atoms with Gasteiger partial charge in [0, 0.05) is 0 Å². The molecule has 0 spiro atoms.